The summed E-state index contributed by atoms with van der Waals surface area (Å²) in [4.78, 5) is 20.2. The second-order valence-electron chi connectivity index (χ2n) is 5.37. The molecular formula is C19H13N5OS. The summed E-state index contributed by atoms with van der Waals surface area (Å²) < 4.78 is 0. The van der Waals surface area contributed by atoms with Crippen molar-refractivity contribution in [3.63, 3.8) is 0 Å². The highest BCUT2D eigenvalue weighted by molar-refractivity contribution is 7.18. The molecule has 0 aliphatic carbocycles. The van der Waals surface area contributed by atoms with Gasteiger partial charge in [-0.05, 0) is 18.2 Å². The molecule has 4 aromatic rings. The van der Waals surface area contributed by atoms with E-state index in [9.17, 15) is 4.79 Å². The van der Waals surface area contributed by atoms with E-state index < -0.39 is 0 Å². The fraction of sp³-hybridized carbons (Fsp3) is 0. The van der Waals surface area contributed by atoms with Gasteiger partial charge in [0, 0.05) is 17.3 Å². The molecule has 26 heavy (non-hydrogen) atoms. The summed E-state index contributed by atoms with van der Waals surface area (Å²) in [5.74, 6) is -0.298. The number of benzene rings is 2. The summed E-state index contributed by atoms with van der Waals surface area (Å²) in [6.07, 6.45) is 2.88. The van der Waals surface area contributed by atoms with Crippen LogP contribution in [0.5, 0.6) is 0 Å². The number of hydrogen-bond donors (Lipinski definition) is 1. The van der Waals surface area contributed by atoms with E-state index in [0.717, 1.165) is 21.1 Å². The Labute approximate surface area is 153 Å². The molecule has 0 saturated carbocycles. The Hall–Kier alpha value is -3.45. The van der Waals surface area contributed by atoms with E-state index in [1.807, 2.05) is 54.6 Å². The van der Waals surface area contributed by atoms with Gasteiger partial charge in [0.2, 0.25) is 0 Å². The normalized spacial score (nSPS) is 10.5. The standard InChI is InChI=1S/C19H13N5OS/c25-17(16-10-11-20-12-21-16)22-15-9-5-4-8-14(15)19-24-23-18(26-19)13-6-2-1-3-7-13/h1-12H,(H,22,25). The quantitative estimate of drug-likeness (QED) is 0.597. The molecule has 2 aromatic carbocycles. The fourth-order valence-electron chi connectivity index (χ4n) is 2.42. The maximum absolute atomic E-state index is 12.4. The Balaban J connectivity index is 1.64. The van der Waals surface area contributed by atoms with Crippen molar-refractivity contribution >= 4 is 22.9 Å². The van der Waals surface area contributed by atoms with E-state index in [1.54, 1.807) is 6.07 Å². The molecule has 0 saturated heterocycles. The molecule has 0 fully saturated rings. The largest absolute Gasteiger partial charge is 0.320 e. The Kier molecular flexibility index (Phi) is 4.44. The van der Waals surface area contributed by atoms with Crippen LogP contribution in [0.25, 0.3) is 21.1 Å². The van der Waals surface area contributed by atoms with E-state index in [4.69, 9.17) is 0 Å². The van der Waals surface area contributed by atoms with Gasteiger partial charge < -0.3 is 5.32 Å². The highest BCUT2D eigenvalue weighted by atomic mass is 32.1. The average molecular weight is 359 g/mol. The summed E-state index contributed by atoms with van der Waals surface area (Å²) >= 11 is 1.48. The van der Waals surface area contributed by atoms with Gasteiger partial charge in [-0.15, -0.1) is 10.2 Å². The summed E-state index contributed by atoms with van der Waals surface area (Å²) in [7, 11) is 0. The summed E-state index contributed by atoms with van der Waals surface area (Å²) in [6, 6.07) is 18.9. The Morgan fingerprint density at radius 2 is 1.65 bits per heavy atom. The maximum Gasteiger partial charge on any atom is 0.274 e. The molecule has 4 rings (SSSR count). The third-order valence-corrected chi connectivity index (χ3v) is 4.67. The van der Waals surface area contributed by atoms with Crippen LogP contribution in [0.2, 0.25) is 0 Å². The molecule has 0 aliphatic heterocycles. The van der Waals surface area contributed by atoms with E-state index in [1.165, 1.54) is 23.9 Å². The topological polar surface area (TPSA) is 80.7 Å². The van der Waals surface area contributed by atoms with Crippen LogP contribution < -0.4 is 5.32 Å². The highest BCUT2D eigenvalue weighted by Gasteiger charge is 2.14. The number of rotatable bonds is 4. The van der Waals surface area contributed by atoms with Gasteiger partial charge in [-0.2, -0.15) is 0 Å². The molecule has 0 bridgehead atoms. The molecule has 126 valence electrons. The monoisotopic (exact) mass is 359 g/mol. The summed E-state index contributed by atoms with van der Waals surface area (Å²) in [5, 5.41) is 13.0. The first-order valence-corrected chi connectivity index (χ1v) is 8.68. The average Bonchev–Trinajstić information content (AvgIpc) is 3.20. The Bertz CT molecular complexity index is 1030. The second kappa shape index (κ2) is 7.20. The first-order valence-electron chi connectivity index (χ1n) is 7.87. The lowest BCUT2D eigenvalue weighted by Gasteiger charge is -2.08. The van der Waals surface area contributed by atoms with Crippen molar-refractivity contribution in [3.05, 3.63) is 78.9 Å². The van der Waals surface area contributed by atoms with E-state index in [0.29, 0.717) is 11.4 Å². The number of nitrogens with one attached hydrogen (secondary N) is 1. The third-order valence-electron chi connectivity index (χ3n) is 3.67. The van der Waals surface area contributed by atoms with Crippen molar-refractivity contribution in [1.82, 2.24) is 20.2 Å². The summed E-state index contributed by atoms with van der Waals surface area (Å²) in [6.45, 7) is 0. The van der Waals surface area contributed by atoms with Gasteiger partial charge in [0.05, 0.1) is 5.69 Å². The van der Waals surface area contributed by atoms with Crippen LogP contribution in [-0.4, -0.2) is 26.1 Å². The van der Waals surface area contributed by atoms with Crippen molar-refractivity contribution in [3.8, 4) is 21.1 Å². The lowest BCUT2D eigenvalue weighted by molar-refractivity contribution is 0.102. The Morgan fingerprint density at radius 3 is 2.46 bits per heavy atom. The molecule has 0 spiro atoms. The van der Waals surface area contributed by atoms with Crippen LogP contribution in [-0.2, 0) is 0 Å². The zero-order valence-electron chi connectivity index (χ0n) is 13.5. The number of anilines is 1. The van der Waals surface area contributed by atoms with E-state index in [2.05, 4.69) is 25.5 Å². The zero-order valence-corrected chi connectivity index (χ0v) is 14.4. The lowest BCUT2D eigenvalue weighted by Crippen LogP contribution is -2.14. The van der Waals surface area contributed by atoms with Crippen LogP contribution in [0.3, 0.4) is 0 Å². The van der Waals surface area contributed by atoms with Gasteiger partial charge >= 0.3 is 0 Å². The minimum atomic E-state index is -0.298. The van der Waals surface area contributed by atoms with Gasteiger partial charge in [-0.3, -0.25) is 4.79 Å². The molecular weight excluding hydrogens is 346 g/mol. The highest BCUT2D eigenvalue weighted by Crippen LogP contribution is 2.33. The smallest absolute Gasteiger partial charge is 0.274 e. The fourth-order valence-corrected chi connectivity index (χ4v) is 3.31. The number of carbonyl (C=O) groups excluding carboxylic acids is 1. The van der Waals surface area contributed by atoms with Gasteiger partial charge in [0.1, 0.15) is 22.0 Å². The second-order valence-corrected chi connectivity index (χ2v) is 6.35. The molecule has 1 N–H and O–H groups in total. The lowest BCUT2D eigenvalue weighted by atomic mass is 10.2. The van der Waals surface area contributed by atoms with Gasteiger partial charge in [0.15, 0.2) is 0 Å². The SMILES string of the molecule is O=C(Nc1ccccc1-c1nnc(-c2ccccc2)s1)c1ccncn1. The number of amides is 1. The van der Waals surface area contributed by atoms with Crippen molar-refractivity contribution in [2.45, 2.75) is 0 Å². The molecule has 0 aliphatic rings. The molecule has 0 atom stereocenters. The molecule has 7 heteroatoms. The minimum absolute atomic E-state index is 0.298. The van der Waals surface area contributed by atoms with Crippen molar-refractivity contribution in [1.29, 1.82) is 0 Å². The van der Waals surface area contributed by atoms with E-state index in [-0.39, 0.29) is 5.91 Å². The first-order chi connectivity index (χ1) is 12.8. The van der Waals surface area contributed by atoms with Crippen molar-refractivity contribution in [2.75, 3.05) is 5.32 Å². The van der Waals surface area contributed by atoms with Gasteiger partial charge in [-0.25, -0.2) is 9.97 Å². The molecule has 6 nitrogen and oxygen atoms in total. The Morgan fingerprint density at radius 1 is 0.885 bits per heavy atom. The third kappa shape index (κ3) is 3.33. The predicted molar refractivity (Wildman–Crippen MR) is 101 cm³/mol. The van der Waals surface area contributed by atoms with Gasteiger partial charge in [-0.1, -0.05) is 53.8 Å². The number of nitrogens with zero attached hydrogens (tertiary/aromatic N) is 4. The van der Waals surface area contributed by atoms with E-state index >= 15 is 0 Å². The molecule has 0 radical (unpaired) electrons. The molecule has 0 unspecified atom stereocenters. The molecule has 1 amide bonds. The van der Waals surface area contributed by atoms with Crippen molar-refractivity contribution < 1.29 is 4.79 Å². The molecule has 2 heterocycles. The number of aromatic nitrogens is 4. The summed E-state index contributed by atoms with van der Waals surface area (Å²) in [5.41, 5.74) is 2.79. The zero-order chi connectivity index (χ0) is 17.8. The van der Waals surface area contributed by atoms with Crippen LogP contribution in [0.1, 0.15) is 10.5 Å². The van der Waals surface area contributed by atoms with Crippen LogP contribution in [0.15, 0.2) is 73.2 Å². The molecule has 2 aromatic heterocycles. The maximum atomic E-state index is 12.4. The van der Waals surface area contributed by atoms with Gasteiger partial charge in [0.25, 0.3) is 5.91 Å². The number of carbonyl (C=O) groups is 1. The number of hydrogen-bond acceptors (Lipinski definition) is 6. The number of para-hydroxylation sites is 1. The van der Waals surface area contributed by atoms with Crippen molar-refractivity contribution in [2.24, 2.45) is 0 Å². The van der Waals surface area contributed by atoms with Crippen LogP contribution in [0, 0.1) is 0 Å². The predicted octanol–water partition coefficient (Wildman–Crippen LogP) is 3.91. The van der Waals surface area contributed by atoms with Crippen LogP contribution >= 0.6 is 11.3 Å². The first kappa shape index (κ1) is 16.0. The van der Waals surface area contributed by atoms with Crippen LogP contribution in [0.4, 0.5) is 5.69 Å². The minimum Gasteiger partial charge on any atom is -0.320 e.